The quantitative estimate of drug-likeness (QED) is 0.816. The van der Waals surface area contributed by atoms with Gasteiger partial charge in [0.2, 0.25) is 5.91 Å². The maximum absolute atomic E-state index is 12.4. The monoisotopic (exact) mass is 299 g/mol. The number of nitrogens with one attached hydrogen (secondary N) is 1. The Bertz CT molecular complexity index is 463. The number of carbonyl (C=O) groups excluding carboxylic acids is 1. The van der Waals surface area contributed by atoms with Crippen molar-refractivity contribution in [2.45, 2.75) is 57.2 Å². The first-order valence-electron chi connectivity index (χ1n) is 6.76. The number of amides is 1. The molecule has 0 spiro atoms. The second kappa shape index (κ2) is 6.63. The van der Waals surface area contributed by atoms with Crippen LogP contribution in [0.5, 0.6) is 0 Å². The highest BCUT2D eigenvalue weighted by Crippen LogP contribution is 2.28. The van der Waals surface area contributed by atoms with E-state index in [-0.39, 0.29) is 29.2 Å². The first-order chi connectivity index (χ1) is 9.15. The average molecular weight is 299 g/mol. The molecule has 0 aliphatic rings. The van der Waals surface area contributed by atoms with Crippen molar-refractivity contribution in [3.8, 4) is 0 Å². The lowest BCUT2D eigenvalue weighted by molar-refractivity contribution is -0.122. The summed E-state index contributed by atoms with van der Waals surface area (Å²) in [5, 5.41) is 12.7. The molecule has 1 atom stereocenters. The Morgan fingerprint density at radius 3 is 2.50 bits per heavy atom. The summed E-state index contributed by atoms with van der Waals surface area (Å²) in [7, 11) is 1.85. The fraction of sp³-hybridized carbons (Fsp3) is 0.714. The van der Waals surface area contributed by atoms with Gasteiger partial charge in [-0.05, 0) is 26.7 Å². The van der Waals surface area contributed by atoms with E-state index in [4.69, 9.17) is 0 Å². The van der Waals surface area contributed by atoms with Crippen molar-refractivity contribution in [1.29, 1.82) is 0 Å². The molecule has 0 bridgehead atoms. The number of imidazole rings is 1. The summed E-state index contributed by atoms with van der Waals surface area (Å²) in [5.74, 6) is 0.211. The van der Waals surface area contributed by atoms with Crippen molar-refractivity contribution < 1.29 is 9.90 Å². The van der Waals surface area contributed by atoms with Crippen molar-refractivity contribution in [1.82, 2.24) is 14.9 Å². The molecule has 0 aliphatic carbocycles. The van der Waals surface area contributed by atoms with Crippen molar-refractivity contribution >= 4 is 17.7 Å². The molecule has 0 aromatic carbocycles. The molecule has 6 heteroatoms. The third-order valence-corrected chi connectivity index (χ3v) is 4.40. The number of thioether (sulfide) groups is 1. The van der Waals surface area contributed by atoms with Crippen LogP contribution in [0, 0.1) is 5.92 Å². The molecule has 5 nitrogen and oxygen atoms in total. The first kappa shape index (κ1) is 17.0. The number of carbonyl (C=O) groups is 1. The molecule has 1 heterocycles. The zero-order chi connectivity index (χ0) is 15.5. The Labute approximate surface area is 125 Å². The van der Waals surface area contributed by atoms with E-state index in [1.54, 1.807) is 6.20 Å². The second-order valence-electron chi connectivity index (χ2n) is 6.27. The van der Waals surface area contributed by atoms with Crippen molar-refractivity contribution in [3.63, 3.8) is 0 Å². The van der Waals surface area contributed by atoms with Crippen LogP contribution in [0.4, 0.5) is 0 Å². The van der Waals surface area contributed by atoms with E-state index in [2.05, 4.69) is 10.3 Å². The van der Waals surface area contributed by atoms with Crippen LogP contribution in [0.1, 0.15) is 40.3 Å². The lowest BCUT2D eigenvalue weighted by Gasteiger charge is -2.26. The molecule has 1 aromatic heterocycles. The van der Waals surface area contributed by atoms with Gasteiger partial charge in [0.15, 0.2) is 5.16 Å². The normalized spacial score (nSPS) is 13.6. The van der Waals surface area contributed by atoms with Crippen molar-refractivity contribution in [3.05, 3.63) is 11.9 Å². The zero-order valence-electron chi connectivity index (χ0n) is 13.1. The van der Waals surface area contributed by atoms with E-state index in [9.17, 15) is 9.90 Å². The summed E-state index contributed by atoms with van der Waals surface area (Å²) in [4.78, 5) is 16.6. The zero-order valence-corrected chi connectivity index (χ0v) is 13.9. The summed E-state index contributed by atoms with van der Waals surface area (Å²) < 4.78 is 1.82. The summed E-state index contributed by atoms with van der Waals surface area (Å²) in [6.45, 7) is 9.91. The number of aromatic nitrogens is 2. The SMILES string of the molecule is CC(C)C(Sc1ncc(CO)n1C)C(=O)NC(C)(C)C. The molecule has 2 N–H and O–H groups in total. The molecule has 1 rings (SSSR count). The van der Waals surface area contributed by atoms with E-state index in [0.29, 0.717) is 0 Å². The van der Waals surface area contributed by atoms with E-state index in [0.717, 1.165) is 10.9 Å². The Morgan fingerprint density at radius 1 is 1.50 bits per heavy atom. The van der Waals surface area contributed by atoms with Crippen LogP contribution >= 0.6 is 11.8 Å². The standard InChI is InChI=1S/C14H25N3O2S/c1-9(2)11(12(19)16-14(3,4)5)20-13-15-7-10(8-18)17(13)6/h7,9,11,18H,8H2,1-6H3,(H,16,19). The predicted octanol–water partition coefficient (Wildman–Crippen LogP) is 1.94. The van der Waals surface area contributed by atoms with Crippen LogP contribution in [0.2, 0.25) is 0 Å². The highest BCUT2D eigenvalue weighted by molar-refractivity contribution is 8.00. The molecule has 1 amide bonds. The van der Waals surface area contributed by atoms with E-state index in [1.807, 2.05) is 46.2 Å². The minimum atomic E-state index is -0.247. The minimum Gasteiger partial charge on any atom is -0.390 e. The summed E-state index contributed by atoms with van der Waals surface area (Å²) in [6.07, 6.45) is 1.64. The molecule has 0 aliphatic heterocycles. The molecule has 0 fully saturated rings. The Morgan fingerprint density at radius 2 is 2.10 bits per heavy atom. The second-order valence-corrected chi connectivity index (χ2v) is 7.38. The van der Waals surface area contributed by atoms with Gasteiger partial charge in [0.05, 0.1) is 23.7 Å². The molecule has 0 saturated heterocycles. The fourth-order valence-electron chi connectivity index (χ4n) is 1.73. The molecular weight excluding hydrogens is 274 g/mol. The lowest BCUT2D eigenvalue weighted by atomic mass is 10.1. The Kier molecular flexibility index (Phi) is 5.65. The van der Waals surface area contributed by atoms with Gasteiger partial charge in [0.25, 0.3) is 0 Å². The van der Waals surface area contributed by atoms with Gasteiger partial charge >= 0.3 is 0 Å². The van der Waals surface area contributed by atoms with Crippen LogP contribution in [0.3, 0.4) is 0 Å². The highest BCUT2D eigenvalue weighted by Gasteiger charge is 2.28. The number of aliphatic hydroxyl groups is 1. The Hall–Kier alpha value is -1.01. The van der Waals surface area contributed by atoms with E-state index < -0.39 is 0 Å². The molecule has 20 heavy (non-hydrogen) atoms. The molecule has 0 radical (unpaired) electrons. The van der Waals surface area contributed by atoms with Gasteiger partial charge in [0.1, 0.15) is 0 Å². The van der Waals surface area contributed by atoms with Gasteiger partial charge in [-0.2, -0.15) is 0 Å². The van der Waals surface area contributed by atoms with Crippen LogP contribution in [0.15, 0.2) is 11.4 Å². The smallest absolute Gasteiger partial charge is 0.234 e. The number of hydrogen-bond donors (Lipinski definition) is 2. The topological polar surface area (TPSA) is 67.2 Å². The molecule has 114 valence electrons. The summed E-state index contributed by atoms with van der Waals surface area (Å²) in [6, 6.07) is 0. The molecule has 0 saturated carbocycles. The first-order valence-corrected chi connectivity index (χ1v) is 7.64. The Balaban J connectivity index is 2.87. The van der Waals surface area contributed by atoms with Crippen molar-refractivity contribution in [2.75, 3.05) is 0 Å². The lowest BCUT2D eigenvalue weighted by Crippen LogP contribution is -2.46. The van der Waals surface area contributed by atoms with Crippen LogP contribution < -0.4 is 5.32 Å². The van der Waals surface area contributed by atoms with E-state index in [1.165, 1.54) is 11.8 Å². The third kappa shape index (κ3) is 4.52. The maximum Gasteiger partial charge on any atom is 0.234 e. The van der Waals surface area contributed by atoms with Gasteiger partial charge in [-0.15, -0.1) is 0 Å². The van der Waals surface area contributed by atoms with Gasteiger partial charge in [-0.1, -0.05) is 25.6 Å². The third-order valence-electron chi connectivity index (χ3n) is 2.80. The van der Waals surface area contributed by atoms with E-state index >= 15 is 0 Å². The summed E-state index contributed by atoms with van der Waals surface area (Å²) in [5.41, 5.74) is 0.495. The maximum atomic E-state index is 12.4. The fourth-order valence-corrected chi connectivity index (χ4v) is 2.78. The number of rotatable bonds is 5. The van der Waals surface area contributed by atoms with Crippen LogP contribution in [0.25, 0.3) is 0 Å². The van der Waals surface area contributed by atoms with Gasteiger partial charge in [-0.25, -0.2) is 4.98 Å². The van der Waals surface area contributed by atoms with Crippen molar-refractivity contribution in [2.24, 2.45) is 13.0 Å². The molecule has 1 aromatic rings. The minimum absolute atomic E-state index is 0.0195. The number of aliphatic hydroxyl groups excluding tert-OH is 1. The predicted molar refractivity (Wildman–Crippen MR) is 81.5 cm³/mol. The highest BCUT2D eigenvalue weighted by atomic mass is 32.2. The van der Waals surface area contributed by atoms with Gasteiger partial charge in [-0.3, -0.25) is 4.79 Å². The largest absolute Gasteiger partial charge is 0.390 e. The molecule has 1 unspecified atom stereocenters. The molecular formula is C14H25N3O2S. The van der Waals surface area contributed by atoms with Gasteiger partial charge < -0.3 is 15.0 Å². The number of nitrogens with zero attached hydrogens (tertiary/aromatic N) is 2. The van der Waals surface area contributed by atoms with Gasteiger partial charge in [0, 0.05) is 12.6 Å². The number of hydrogen-bond acceptors (Lipinski definition) is 4. The average Bonchev–Trinajstić information content (AvgIpc) is 2.64. The summed E-state index contributed by atoms with van der Waals surface area (Å²) >= 11 is 1.44. The van der Waals surface area contributed by atoms with Crippen LogP contribution in [-0.4, -0.2) is 31.4 Å². The van der Waals surface area contributed by atoms with Crippen LogP contribution in [-0.2, 0) is 18.4 Å².